The molecular weight excluding hydrogens is 238 g/mol. The molecule has 2 unspecified atom stereocenters. The molecule has 112 valence electrons. The summed E-state index contributed by atoms with van der Waals surface area (Å²) in [5.41, 5.74) is 0. The molecule has 0 fully saturated rings. The Morgan fingerprint density at radius 2 is 2.21 bits per heavy atom. The van der Waals surface area contributed by atoms with Crippen LogP contribution in [0.2, 0.25) is 0 Å². The van der Waals surface area contributed by atoms with Gasteiger partial charge in [-0.2, -0.15) is 0 Å². The molecule has 2 atom stereocenters. The van der Waals surface area contributed by atoms with Gasteiger partial charge in [-0.3, -0.25) is 0 Å². The maximum atomic E-state index is 9.78. The molecule has 1 aliphatic rings. The maximum absolute atomic E-state index is 9.78. The van der Waals surface area contributed by atoms with E-state index in [9.17, 15) is 5.11 Å². The van der Waals surface area contributed by atoms with E-state index in [-0.39, 0.29) is 6.10 Å². The summed E-state index contributed by atoms with van der Waals surface area (Å²) in [6, 6.07) is 0. The zero-order valence-corrected chi connectivity index (χ0v) is 12.4. The van der Waals surface area contributed by atoms with Crippen molar-refractivity contribution in [2.45, 2.75) is 58.0 Å². The lowest BCUT2D eigenvalue weighted by Gasteiger charge is -2.19. The van der Waals surface area contributed by atoms with Gasteiger partial charge in [0.05, 0.1) is 12.7 Å². The molecule has 0 bridgehead atoms. The van der Waals surface area contributed by atoms with Crippen LogP contribution in [0.5, 0.6) is 0 Å². The molecule has 0 spiro atoms. The first-order valence-corrected chi connectivity index (χ1v) is 7.94. The monoisotopic (exact) mass is 269 g/mol. The lowest BCUT2D eigenvalue weighted by Crippen LogP contribution is -2.33. The Kier molecular flexibility index (Phi) is 10.0. The van der Waals surface area contributed by atoms with Gasteiger partial charge >= 0.3 is 0 Å². The van der Waals surface area contributed by atoms with Crippen LogP contribution >= 0.6 is 0 Å². The zero-order chi connectivity index (χ0) is 13.8. The van der Waals surface area contributed by atoms with Gasteiger partial charge < -0.3 is 15.2 Å². The Bertz CT molecular complexity index is 231. The summed E-state index contributed by atoms with van der Waals surface area (Å²) in [5.74, 6) is 0.743. The van der Waals surface area contributed by atoms with E-state index in [0.29, 0.717) is 13.2 Å². The Hall–Kier alpha value is -0.380. The van der Waals surface area contributed by atoms with E-state index in [2.05, 4.69) is 24.4 Å². The van der Waals surface area contributed by atoms with Crippen molar-refractivity contribution in [1.82, 2.24) is 5.32 Å². The second kappa shape index (κ2) is 11.4. The van der Waals surface area contributed by atoms with Crippen LogP contribution in [-0.2, 0) is 4.74 Å². The molecule has 0 heterocycles. The molecule has 1 rings (SSSR count). The summed E-state index contributed by atoms with van der Waals surface area (Å²) in [7, 11) is 0. The molecule has 0 aromatic carbocycles. The van der Waals surface area contributed by atoms with E-state index < -0.39 is 0 Å². The van der Waals surface area contributed by atoms with Crippen molar-refractivity contribution in [2.75, 3.05) is 26.3 Å². The van der Waals surface area contributed by atoms with Gasteiger partial charge in [0.1, 0.15) is 0 Å². The topological polar surface area (TPSA) is 41.5 Å². The molecule has 0 aromatic rings. The third-order valence-electron chi connectivity index (χ3n) is 3.64. The van der Waals surface area contributed by atoms with Crippen LogP contribution in [0.1, 0.15) is 51.9 Å². The summed E-state index contributed by atoms with van der Waals surface area (Å²) < 4.78 is 5.48. The second-order valence-electron chi connectivity index (χ2n) is 5.60. The number of unbranched alkanes of at least 4 members (excludes halogenated alkanes) is 3. The molecule has 0 aliphatic heterocycles. The molecule has 3 heteroatoms. The molecule has 0 saturated carbocycles. The Balaban J connectivity index is 1.87. The average molecular weight is 269 g/mol. The van der Waals surface area contributed by atoms with Crippen molar-refractivity contribution in [3.8, 4) is 0 Å². The smallest absolute Gasteiger partial charge is 0.0897 e. The Morgan fingerprint density at radius 1 is 1.32 bits per heavy atom. The Morgan fingerprint density at radius 3 is 2.95 bits per heavy atom. The van der Waals surface area contributed by atoms with Crippen molar-refractivity contribution in [1.29, 1.82) is 0 Å². The van der Waals surface area contributed by atoms with Crippen molar-refractivity contribution >= 4 is 0 Å². The fourth-order valence-corrected chi connectivity index (χ4v) is 2.40. The Labute approximate surface area is 118 Å². The van der Waals surface area contributed by atoms with Crippen LogP contribution in [0, 0.1) is 5.92 Å². The predicted octanol–water partition coefficient (Wildman–Crippen LogP) is 2.89. The van der Waals surface area contributed by atoms with Crippen LogP contribution in [0.15, 0.2) is 12.2 Å². The van der Waals surface area contributed by atoms with Crippen LogP contribution in [0.25, 0.3) is 0 Å². The van der Waals surface area contributed by atoms with E-state index in [1.165, 1.54) is 38.5 Å². The van der Waals surface area contributed by atoms with E-state index in [4.69, 9.17) is 4.74 Å². The molecule has 2 N–H and O–H groups in total. The quantitative estimate of drug-likeness (QED) is 0.448. The average Bonchev–Trinajstić information content (AvgIpc) is 2.44. The molecular formula is C16H31NO2. The minimum atomic E-state index is -0.370. The molecule has 3 nitrogen and oxygen atoms in total. The van der Waals surface area contributed by atoms with Gasteiger partial charge in [0.2, 0.25) is 0 Å². The number of allylic oxidation sites excluding steroid dienone is 2. The van der Waals surface area contributed by atoms with E-state index in [1.807, 2.05) is 0 Å². The van der Waals surface area contributed by atoms with Gasteiger partial charge in [-0.15, -0.1) is 0 Å². The molecule has 0 amide bonds. The van der Waals surface area contributed by atoms with Gasteiger partial charge in [-0.05, 0) is 38.1 Å². The largest absolute Gasteiger partial charge is 0.389 e. The van der Waals surface area contributed by atoms with Gasteiger partial charge in [-0.1, -0.05) is 38.3 Å². The lowest BCUT2D eigenvalue weighted by molar-refractivity contribution is 0.0350. The molecule has 1 aliphatic carbocycles. The molecule has 19 heavy (non-hydrogen) atoms. The maximum Gasteiger partial charge on any atom is 0.0897 e. The van der Waals surface area contributed by atoms with Crippen molar-refractivity contribution in [2.24, 2.45) is 5.92 Å². The third-order valence-corrected chi connectivity index (χ3v) is 3.64. The fourth-order valence-electron chi connectivity index (χ4n) is 2.40. The van der Waals surface area contributed by atoms with Crippen molar-refractivity contribution in [3.63, 3.8) is 0 Å². The lowest BCUT2D eigenvalue weighted by atomic mass is 9.94. The van der Waals surface area contributed by atoms with Crippen molar-refractivity contribution in [3.05, 3.63) is 12.2 Å². The minimum absolute atomic E-state index is 0.370. The second-order valence-corrected chi connectivity index (χ2v) is 5.60. The summed E-state index contributed by atoms with van der Waals surface area (Å²) in [6.07, 6.45) is 12.7. The molecule has 0 radical (unpaired) electrons. The third kappa shape index (κ3) is 9.20. The number of rotatable bonds is 11. The molecule has 0 aromatic heterocycles. The first kappa shape index (κ1) is 16.7. The minimum Gasteiger partial charge on any atom is -0.389 e. The van der Waals surface area contributed by atoms with E-state index in [1.54, 1.807) is 0 Å². The van der Waals surface area contributed by atoms with Crippen LogP contribution in [-0.4, -0.2) is 37.5 Å². The van der Waals surface area contributed by atoms with E-state index >= 15 is 0 Å². The van der Waals surface area contributed by atoms with Gasteiger partial charge in [0.15, 0.2) is 0 Å². The summed E-state index contributed by atoms with van der Waals surface area (Å²) in [6.45, 7) is 5.11. The predicted molar refractivity (Wildman–Crippen MR) is 80.3 cm³/mol. The highest BCUT2D eigenvalue weighted by atomic mass is 16.5. The van der Waals surface area contributed by atoms with Crippen LogP contribution < -0.4 is 5.32 Å². The van der Waals surface area contributed by atoms with E-state index in [0.717, 1.165) is 25.5 Å². The van der Waals surface area contributed by atoms with Crippen LogP contribution in [0.3, 0.4) is 0 Å². The van der Waals surface area contributed by atoms with Gasteiger partial charge in [-0.25, -0.2) is 0 Å². The first-order valence-electron chi connectivity index (χ1n) is 7.94. The highest BCUT2D eigenvalue weighted by Crippen LogP contribution is 2.16. The van der Waals surface area contributed by atoms with Gasteiger partial charge in [0.25, 0.3) is 0 Å². The summed E-state index contributed by atoms with van der Waals surface area (Å²) in [5, 5.41) is 13.1. The van der Waals surface area contributed by atoms with Crippen molar-refractivity contribution < 1.29 is 9.84 Å². The fraction of sp³-hybridized carbons (Fsp3) is 0.875. The van der Waals surface area contributed by atoms with Gasteiger partial charge in [0, 0.05) is 13.2 Å². The number of ether oxygens (including phenoxy) is 1. The summed E-state index contributed by atoms with van der Waals surface area (Å²) >= 11 is 0. The number of hydrogen-bond acceptors (Lipinski definition) is 3. The number of aliphatic hydroxyl groups excluding tert-OH is 1. The molecule has 0 saturated heterocycles. The standard InChI is InChI=1S/C16H31NO2/c1-2-3-4-8-11-19-14-16(18)13-17-12-15-9-6-5-7-10-15/h5-6,15-18H,2-4,7-14H2,1H3. The number of nitrogens with one attached hydrogen (secondary N) is 1. The highest BCUT2D eigenvalue weighted by molar-refractivity contribution is 4.90. The SMILES string of the molecule is CCCCCCOCC(O)CNCC1CC=CCC1. The summed E-state index contributed by atoms with van der Waals surface area (Å²) in [4.78, 5) is 0. The number of hydrogen-bond donors (Lipinski definition) is 2. The first-order chi connectivity index (χ1) is 9.33. The van der Waals surface area contributed by atoms with Crippen LogP contribution in [0.4, 0.5) is 0 Å². The highest BCUT2D eigenvalue weighted by Gasteiger charge is 2.10. The normalized spacial score (nSPS) is 20.6. The zero-order valence-electron chi connectivity index (χ0n) is 12.4. The number of aliphatic hydroxyl groups is 1.